The number of nitrogens with zero attached hydrogens (tertiary/aromatic N) is 3. The van der Waals surface area contributed by atoms with E-state index < -0.39 is 0 Å². The molecule has 1 N–H and O–H groups in total. The highest BCUT2D eigenvalue weighted by Gasteiger charge is 2.24. The van der Waals surface area contributed by atoms with E-state index in [1.165, 1.54) is 0 Å². The SMILES string of the molecule is COc1cccc(C(=O)N[C@@H]2CCCc3nc(-c4ccncc4)ncc32)c1. The molecule has 1 aromatic carbocycles. The largest absolute Gasteiger partial charge is 0.497 e. The van der Waals surface area contributed by atoms with Gasteiger partial charge in [-0.15, -0.1) is 0 Å². The molecule has 0 spiro atoms. The van der Waals surface area contributed by atoms with Crippen LogP contribution in [0.25, 0.3) is 11.4 Å². The number of aromatic nitrogens is 3. The van der Waals surface area contributed by atoms with Crippen molar-refractivity contribution >= 4 is 5.91 Å². The Hall–Kier alpha value is -3.28. The standard InChI is InChI=1S/C21H20N4O2/c1-27-16-5-2-4-15(12-16)21(26)25-19-7-3-6-18-17(19)13-23-20(24-18)14-8-10-22-11-9-14/h2,4-5,8-13,19H,3,6-7H2,1H3,(H,25,26)/t19-/m1/s1. The fourth-order valence-electron chi connectivity index (χ4n) is 3.34. The average molecular weight is 360 g/mol. The second kappa shape index (κ2) is 7.53. The van der Waals surface area contributed by atoms with Crippen LogP contribution in [0.3, 0.4) is 0 Å². The molecule has 1 aliphatic rings. The minimum Gasteiger partial charge on any atom is -0.497 e. The minimum absolute atomic E-state index is 0.0843. The van der Waals surface area contributed by atoms with Gasteiger partial charge in [0, 0.05) is 41.0 Å². The molecule has 0 radical (unpaired) electrons. The van der Waals surface area contributed by atoms with Crippen LogP contribution in [0.2, 0.25) is 0 Å². The minimum atomic E-state index is -0.120. The van der Waals surface area contributed by atoms with E-state index in [9.17, 15) is 4.79 Å². The molecular weight excluding hydrogens is 340 g/mol. The fourth-order valence-corrected chi connectivity index (χ4v) is 3.34. The Bertz CT molecular complexity index is 959. The Morgan fingerprint density at radius 2 is 2.07 bits per heavy atom. The summed E-state index contributed by atoms with van der Waals surface area (Å²) < 4.78 is 5.20. The van der Waals surface area contributed by atoms with E-state index in [0.717, 1.165) is 36.1 Å². The van der Waals surface area contributed by atoms with Gasteiger partial charge in [0.15, 0.2) is 5.82 Å². The quantitative estimate of drug-likeness (QED) is 0.772. The summed E-state index contributed by atoms with van der Waals surface area (Å²) in [4.78, 5) is 25.9. The van der Waals surface area contributed by atoms with E-state index in [2.05, 4.69) is 15.3 Å². The molecule has 4 rings (SSSR count). The van der Waals surface area contributed by atoms with Crippen molar-refractivity contribution in [3.8, 4) is 17.1 Å². The molecule has 1 atom stereocenters. The summed E-state index contributed by atoms with van der Waals surface area (Å²) in [6.45, 7) is 0. The molecule has 27 heavy (non-hydrogen) atoms. The average Bonchev–Trinajstić information content (AvgIpc) is 2.74. The van der Waals surface area contributed by atoms with Crippen molar-refractivity contribution in [2.75, 3.05) is 7.11 Å². The lowest BCUT2D eigenvalue weighted by molar-refractivity contribution is 0.0932. The van der Waals surface area contributed by atoms with Crippen LogP contribution in [-0.2, 0) is 6.42 Å². The number of benzene rings is 1. The van der Waals surface area contributed by atoms with Crippen LogP contribution in [0.4, 0.5) is 0 Å². The summed E-state index contributed by atoms with van der Waals surface area (Å²) >= 11 is 0. The van der Waals surface area contributed by atoms with E-state index in [4.69, 9.17) is 9.72 Å². The van der Waals surface area contributed by atoms with Gasteiger partial charge < -0.3 is 10.1 Å². The molecule has 6 nitrogen and oxygen atoms in total. The zero-order chi connectivity index (χ0) is 18.6. The van der Waals surface area contributed by atoms with Gasteiger partial charge in [0.2, 0.25) is 0 Å². The van der Waals surface area contributed by atoms with E-state index >= 15 is 0 Å². The first-order valence-corrected chi connectivity index (χ1v) is 8.96. The predicted octanol–water partition coefficient (Wildman–Crippen LogP) is 3.35. The van der Waals surface area contributed by atoms with Gasteiger partial charge in [0.05, 0.1) is 13.2 Å². The van der Waals surface area contributed by atoms with Crippen molar-refractivity contribution in [3.63, 3.8) is 0 Å². The molecule has 0 unspecified atom stereocenters. The number of hydrogen-bond acceptors (Lipinski definition) is 5. The van der Waals surface area contributed by atoms with Crippen molar-refractivity contribution in [1.29, 1.82) is 0 Å². The number of amides is 1. The third kappa shape index (κ3) is 3.65. The maximum Gasteiger partial charge on any atom is 0.251 e. The first kappa shape index (κ1) is 17.1. The van der Waals surface area contributed by atoms with Crippen LogP contribution in [0.5, 0.6) is 5.75 Å². The molecule has 0 fully saturated rings. The van der Waals surface area contributed by atoms with Gasteiger partial charge in [0.1, 0.15) is 5.75 Å². The molecular formula is C21H20N4O2. The number of fused-ring (bicyclic) bond motifs is 1. The maximum absolute atomic E-state index is 12.7. The lowest BCUT2D eigenvalue weighted by Crippen LogP contribution is -2.31. The summed E-state index contributed by atoms with van der Waals surface area (Å²) in [5, 5.41) is 3.12. The number of carbonyl (C=O) groups excluding carboxylic acids is 1. The molecule has 2 heterocycles. The number of hydrogen-bond donors (Lipinski definition) is 1. The molecule has 0 saturated heterocycles. The number of rotatable bonds is 4. The highest BCUT2D eigenvalue weighted by molar-refractivity contribution is 5.94. The number of aryl methyl sites for hydroxylation is 1. The Balaban J connectivity index is 1.57. The summed E-state index contributed by atoms with van der Waals surface area (Å²) in [6.07, 6.45) is 8.05. The summed E-state index contributed by atoms with van der Waals surface area (Å²) in [7, 11) is 1.59. The van der Waals surface area contributed by atoms with Crippen LogP contribution in [0.15, 0.2) is 55.0 Å². The van der Waals surface area contributed by atoms with Gasteiger partial charge in [-0.2, -0.15) is 0 Å². The highest BCUT2D eigenvalue weighted by Crippen LogP contribution is 2.30. The molecule has 1 aliphatic carbocycles. The number of carbonyl (C=O) groups is 1. The maximum atomic E-state index is 12.7. The van der Waals surface area contributed by atoms with Gasteiger partial charge in [-0.1, -0.05) is 6.07 Å². The first-order valence-electron chi connectivity index (χ1n) is 8.96. The fraction of sp³-hybridized carbons (Fsp3) is 0.238. The molecule has 6 heteroatoms. The number of pyridine rings is 1. The predicted molar refractivity (Wildman–Crippen MR) is 101 cm³/mol. The molecule has 1 amide bonds. The molecule has 0 saturated carbocycles. The molecule has 0 aliphatic heterocycles. The third-order valence-corrected chi connectivity index (χ3v) is 4.76. The Morgan fingerprint density at radius 1 is 1.22 bits per heavy atom. The van der Waals surface area contributed by atoms with Gasteiger partial charge in [-0.3, -0.25) is 9.78 Å². The lowest BCUT2D eigenvalue weighted by atomic mass is 9.92. The van der Waals surface area contributed by atoms with Crippen molar-refractivity contribution in [1.82, 2.24) is 20.3 Å². The van der Waals surface area contributed by atoms with Gasteiger partial charge in [-0.25, -0.2) is 9.97 Å². The zero-order valence-corrected chi connectivity index (χ0v) is 15.1. The van der Waals surface area contributed by atoms with E-state index in [1.54, 1.807) is 31.6 Å². The van der Waals surface area contributed by atoms with Crippen molar-refractivity contribution < 1.29 is 9.53 Å². The van der Waals surface area contributed by atoms with Crippen LogP contribution >= 0.6 is 0 Å². The topological polar surface area (TPSA) is 77.0 Å². The van der Waals surface area contributed by atoms with Crippen molar-refractivity contribution in [2.24, 2.45) is 0 Å². The Morgan fingerprint density at radius 3 is 2.89 bits per heavy atom. The normalized spacial score (nSPS) is 15.7. The summed E-state index contributed by atoms with van der Waals surface area (Å²) in [5.41, 5.74) is 3.51. The monoisotopic (exact) mass is 360 g/mol. The van der Waals surface area contributed by atoms with Crippen molar-refractivity contribution in [3.05, 3.63) is 71.8 Å². The number of nitrogens with one attached hydrogen (secondary N) is 1. The van der Waals surface area contributed by atoms with Gasteiger partial charge >= 0.3 is 0 Å². The van der Waals surface area contributed by atoms with Gasteiger partial charge in [-0.05, 0) is 49.6 Å². The highest BCUT2D eigenvalue weighted by atomic mass is 16.5. The Kier molecular flexibility index (Phi) is 4.78. The number of methoxy groups -OCH3 is 1. The molecule has 136 valence electrons. The van der Waals surface area contributed by atoms with Crippen LogP contribution < -0.4 is 10.1 Å². The third-order valence-electron chi connectivity index (χ3n) is 4.76. The molecule has 2 aromatic heterocycles. The molecule has 0 bridgehead atoms. The van der Waals surface area contributed by atoms with E-state index in [-0.39, 0.29) is 11.9 Å². The van der Waals surface area contributed by atoms with Crippen LogP contribution in [-0.4, -0.2) is 28.0 Å². The van der Waals surface area contributed by atoms with E-state index in [1.807, 2.05) is 30.5 Å². The van der Waals surface area contributed by atoms with Crippen molar-refractivity contribution in [2.45, 2.75) is 25.3 Å². The molecule has 3 aromatic rings. The second-order valence-electron chi connectivity index (χ2n) is 6.48. The second-order valence-corrected chi connectivity index (χ2v) is 6.48. The summed E-state index contributed by atoms with van der Waals surface area (Å²) in [6, 6.07) is 10.9. The smallest absolute Gasteiger partial charge is 0.251 e. The summed E-state index contributed by atoms with van der Waals surface area (Å²) in [5.74, 6) is 1.23. The Labute approximate surface area is 157 Å². The van der Waals surface area contributed by atoms with Crippen LogP contribution in [0, 0.1) is 0 Å². The number of ether oxygens (including phenoxy) is 1. The van der Waals surface area contributed by atoms with E-state index in [0.29, 0.717) is 17.1 Å². The van der Waals surface area contributed by atoms with Crippen LogP contribution in [0.1, 0.15) is 40.5 Å². The van der Waals surface area contributed by atoms with Gasteiger partial charge in [0.25, 0.3) is 5.91 Å². The first-order chi connectivity index (χ1) is 13.2. The zero-order valence-electron chi connectivity index (χ0n) is 15.1. The lowest BCUT2D eigenvalue weighted by Gasteiger charge is -2.25.